The highest BCUT2D eigenvalue weighted by Crippen LogP contribution is 2.30. The Bertz CT molecular complexity index is 388. The lowest BCUT2D eigenvalue weighted by molar-refractivity contribution is -0.110. The zero-order chi connectivity index (χ0) is 11.4. The minimum atomic E-state index is 0.114. The second kappa shape index (κ2) is 5.11. The molecule has 1 aliphatic rings. The van der Waals surface area contributed by atoms with Crippen LogP contribution in [0.3, 0.4) is 0 Å². The van der Waals surface area contributed by atoms with Crippen LogP contribution in [0.15, 0.2) is 30.3 Å². The Morgan fingerprint density at radius 3 is 2.94 bits per heavy atom. The van der Waals surface area contributed by atoms with Crippen LogP contribution in [0, 0.1) is 11.8 Å². The van der Waals surface area contributed by atoms with Gasteiger partial charge in [0.25, 0.3) is 0 Å². The lowest BCUT2D eigenvalue weighted by Crippen LogP contribution is -2.00. The molecule has 1 atom stereocenters. The molecule has 2 rings (SSSR count). The van der Waals surface area contributed by atoms with E-state index in [2.05, 4.69) is 36.4 Å². The summed E-state index contributed by atoms with van der Waals surface area (Å²) >= 11 is 0. The van der Waals surface area contributed by atoms with E-state index in [1.54, 1.807) is 0 Å². The molecule has 1 saturated carbocycles. The van der Waals surface area contributed by atoms with Gasteiger partial charge in [0.1, 0.15) is 6.29 Å². The Labute approximate surface area is 97.2 Å². The number of carbonyl (C=O) groups is 1. The van der Waals surface area contributed by atoms with E-state index in [9.17, 15) is 4.79 Å². The average molecular weight is 214 g/mol. The lowest BCUT2D eigenvalue weighted by Gasteiger charge is -2.04. The highest BCUT2D eigenvalue weighted by molar-refractivity contribution is 5.55. The summed E-state index contributed by atoms with van der Waals surface area (Å²) in [6.07, 6.45) is 9.05. The van der Waals surface area contributed by atoms with Crippen LogP contribution in [0.5, 0.6) is 0 Å². The van der Waals surface area contributed by atoms with Crippen molar-refractivity contribution in [2.45, 2.75) is 26.2 Å². The van der Waals surface area contributed by atoms with Crippen LogP contribution < -0.4 is 0 Å². The fourth-order valence-electron chi connectivity index (χ4n) is 1.78. The predicted octanol–water partition coefficient (Wildman–Crippen LogP) is 3.49. The normalized spacial score (nSPS) is 17.6. The quantitative estimate of drug-likeness (QED) is 0.686. The summed E-state index contributed by atoms with van der Waals surface area (Å²) in [5, 5.41) is 0. The van der Waals surface area contributed by atoms with Crippen LogP contribution in [0.2, 0.25) is 0 Å². The first kappa shape index (κ1) is 11.1. The Kier molecular flexibility index (Phi) is 3.55. The zero-order valence-electron chi connectivity index (χ0n) is 9.73. The van der Waals surface area contributed by atoms with Crippen molar-refractivity contribution in [2.75, 3.05) is 0 Å². The van der Waals surface area contributed by atoms with Crippen molar-refractivity contribution in [1.29, 1.82) is 0 Å². The summed E-state index contributed by atoms with van der Waals surface area (Å²) in [6.45, 7) is 1.96. The summed E-state index contributed by atoms with van der Waals surface area (Å²) in [6, 6.07) is 8.46. The molecule has 0 saturated heterocycles. The maximum Gasteiger partial charge on any atom is 0.123 e. The topological polar surface area (TPSA) is 17.1 Å². The third-order valence-electron chi connectivity index (χ3n) is 2.92. The number of allylic oxidation sites excluding steroid dienone is 1. The van der Waals surface area contributed by atoms with Gasteiger partial charge in [0.15, 0.2) is 0 Å². The molecule has 84 valence electrons. The van der Waals surface area contributed by atoms with Crippen molar-refractivity contribution in [1.82, 2.24) is 0 Å². The molecule has 0 aliphatic heterocycles. The zero-order valence-corrected chi connectivity index (χ0v) is 9.73. The molecule has 1 aromatic carbocycles. The van der Waals surface area contributed by atoms with Crippen LogP contribution in [0.1, 0.15) is 30.9 Å². The second-order valence-electron chi connectivity index (χ2n) is 4.76. The third-order valence-corrected chi connectivity index (χ3v) is 2.92. The van der Waals surface area contributed by atoms with Gasteiger partial charge >= 0.3 is 0 Å². The standard InChI is InChI=1S/C15H18O/c1-12(11-16)9-15-4-2-3-14(10-15)8-7-13-5-6-13/h2-4,7-8,10-13H,5-6,9H2,1H3/b8-7+. The van der Waals surface area contributed by atoms with Crippen LogP contribution in [-0.4, -0.2) is 6.29 Å². The predicted molar refractivity (Wildman–Crippen MR) is 67.1 cm³/mol. The summed E-state index contributed by atoms with van der Waals surface area (Å²) in [5.74, 6) is 0.931. The van der Waals surface area contributed by atoms with Gasteiger partial charge in [-0.05, 0) is 36.3 Å². The molecule has 1 aliphatic carbocycles. The molecule has 1 aromatic rings. The Morgan fingerprint density at radius 2 is 2.25 bits per heavy atom. The van der Waals surface area contributed by atoms with Gasteiger partial charge in [-0.15, -0.1) is 0 Å². The molecule has 16 heavy (non-hydrogen) atoms. The van der Waals surface area contributed by atoms with Crippen molar-refractivity contribution in [2.24, 2.45) is 11.8 Å². The Balaban J connectivity index is 2.03. The first-order valence-corrected chi connectivity index (χ1v) is 6.00. The van der Waals surface area contributed by atoms with E-state index in [1.807, 2.05) is 6.92 Å². The molecule has 1 unspecified atom stereocenters. The molecule has 0 bridgehead atoms. The maximum atomic E-state index is 10.6. The number of carbonyl (C=O) groups excluding carboxylic acids is 1. The largest absolute Gasteiger partial charge is 0.303 e. The first-order valence-electron chi connectivity index (χ1n) is 6.00. The molecule has 1 fully saturated rings. The molecule has 0 heterocycles. The average Bonchev–Trinajstić information content (AvgIpc) is 3.10. The Morgan fingerprint density at radius 1 is 1.44 bits per heavy atom. The van der Waals surface area contributed by atoms with Crippen molar-refractivity contribution in [3.63, 3.8) is 0 Å². The van der Waals surface area contributed by atoms with E-state index in [0.29, 0.717) is 0 Å². The van der Waals surface area contributed by atoms with Gasteiger partial charge in [-0.1, -0.05) is 43.3 Å². The third kappa shape index (κ3) is 3.34. The molecular formula is C15H18O. The van der Waals surface area contributed by atoms with Crippen molar-refractivity contribution < 1.29 is 4.79 Å². The molecule has 0 radical (unpaired) electrons. The van der Waals surface area contributed by atoms with E-state index in [1.165, 1.54) is 24.0 Å². The van der Waals surface area contributed by atoms with Crippen LogP contribution in [-0.2, 0) is 11.2 Å². The van der Waals surface area contributed by atoms with Crippen molar-refractivity contribution in [3.05, 3.63) is 41.5 Å². The fourth-order valence-corrected chi connectivity index (χ4v) is 1.78. The van der Waals surface area contributed by atoms with Gasteiger partial charge in [0, 0.05) is 5.92 Å². The maximum absolute atomic E-state index is 10.6. The molecular weight excluding hydrogens is 196 g/mol. The summed E-state index contributed by atoms with van der Waals surface area (Å²) < 4.78 is 0. The van der Waals surface area contributed by atoms with Crippen LogP contribution in [0.4, 0.5) is 0 Å². The monoisotopic (exact) mass is 214 g/mol. The summed E-state index contributed by atoms with van der Waals surface area (Å²) in [7, 11) is 0. The first-order chi connectivity index (χ1) is 7.78. The Hall–Kier alpha value is -1.37. The van der Waals surface area contributed by atoms with Gasteiger partial charge in [0.05, 0.1) is 0 Å². The van der Waals surface area contributed by atoms with Gasteiger partial charge in [-0.25, -0.2) is 0 Å². The van der Waals surface area contributed by atoms with Gasteiger partial charge in [-0.2, -0.15) is 0 Å². The molecule has 0 spiro atoms. The van der Waals surface area contributed by atoms with Gasteiger partial charge < -0.3 is 4.79 Å². The van der Waals surface area contributed by atoms with Crippen LogP contribution >= 0.6 is 0 Å². The summed E-state index contributed by atoms with van der Waals surface area (Å²) in [5.41, 5.74) is 2.50. The summed E-state index contributed by atoms with van der Waals surface area (Å²) in [4.78, 5) is 10.6. The lowest BCUT2D eigenvalue weighted by atomic mass is 10.0. The number of benzene rings is 1. The van der Waals surface area contributed by atoms with E-state index in [4.69, 9.17) is 0 Å². The molecule has 0 aromatic heterocycles. The SMILES string of the molecule is CC(C=O)Cc1cccc(/C=C/C2CC2)c1. The molecule has 1 nitrogen and oxygen atoms in total. The highest BCUT2D eigenvalue weighted by Gasteiger charge is 2.16. The fraction of sp³-hybridized carbons (Fsp3) is 0.400. The van der Waals surface area contributed by atoms with E-state index >= 15 is 0 Å². The second-order valence-corrected chi connectivity index (χ2v) is 4.76. The van der Waals surface area contributed by atoms with E-state index in [-0.39, 0.29) is 5.92 Å². The minimum absolute atomic E-state index is 0.114. The molecule has 0 amide bonds. The molecule has 1 heteroatoms. The van der Waals surface area contributed by atoms with Gasteiger partial charge in [-0.3, -0.25) is 0 Å². The number of aldehydes is 1. The smallest absolute Gasteiger partial charge is 0.123 e. The number of hydrogen-bond donors (Lipinski definition) is 0. The van der Waals surface area contributed by atoms with E-state index in [0.717, 1.165) is 18.6 Å². The van der Waals surface area contributed by atoms with Gasteiger partial charge in [0.2, 0.25) is 0 Å². The molecule has 0 N–H and O–H groups in total. The minimum Gasteiger partial charge on any atom is -0.303 e. The number of hydrogen-bond acceptors (Lipinski definition) is 1. The number of rotatable bonds is 5. The van der Waals surface area contributed by atoms with Crippen molar-refractivity contribution in [3.8, 4) is 0 Å². The van der Waals surface area contributed by atoms with E-state index < -0.39 is 0 Å². The van der Waals surface area contributed by atoms with Crippen molar-refractivity contribution >= 4 is 12.4 Å². The van der Waals surface area contributed by atoms with Crippen LogP contribution in [0.25, 0.3) is 6.08 Å². The highest BCUT2D eigenvalue weighted by atomic mass is 16.1.